The van der Waals surface area contributed by atoms with Crippen molar-refractivity contribution >= 4 is 6.03 Å². The smallest absolute Gasteiger partial charge is 0.318 e. The monoisotopic (exact) mass is 342 g/mol. The third-order valence-corrected chi connectivity index (χ3v) is 4.43. The van der Waals surface area contributed by atoms with Gasteiger partial charge >= 0.3 is 6.03 Å². The predicted octanol–water partition coefficient (Wildman–Crippen LogP) is 3.64. The number of carbonyl (C=O) groups is 1. The molecule has 1 aliphatic carbocycles. The lowest BCUT2D eigenvalue weighted by Crippen LogP contribution is -2.47. The number of nitrogens with zero attached hydrogens (tertiary/aromatic N) is 1. The van der Waals surface area contributed by atoms with Crippen molar-refractivity contribution in [3.8, 4) is 0 Å². The third kappa shape index (κ3) is 4.63. The fourth-order valence-corrected chi connectivity index (χ4v) is 3.35. The lowest BCUT2D eigenvalue weighted by molar-refractivity contribution is 0.0440. The number of amides is 2. The molecule has 2 amide bonds. The minimum absolute atomic E-state index is 0.0323. The molecule has 1 unspecified atom stereocenters. The average Bonchev–Trinajstić information content (AvgIpc) is 3.03. The molecule has 0 radical (unpaired) electrons. The standard InChI is InChI=1S/C20H26N2O3/c1-20(2,24)14-22(13-15-7-4-3-5-8-15)19(23)21-17-9-6-10-18-16(17)11-12-25-18/h3-5,7-8,11-12,17,24H,6,9-10,13-14H2,1-2H3,(H,21,23). The lowest BCUT2D eigenvalue weighted by Gasteiger charge is -2.32. The van der Waals surface area contributed by atoms with Gasteiger partial charge in [-0.25, -0.2) is 4.79 Å². The van der Waals surface area contributed by atoms with Gasteiger partial charge in [0.1, 0.15) is 5.76 Å². The van der Waals surface area contributed by atoms with Crippen molar-refractivity contribution in [3.05, 3.63) is 59.5 Å². The first-order chi connectivity index (χ1) is 11.9. The third-order valence-electron chi connectivity index (χ3n) is 4.43. The van der Waals surface area contributed by atoms with Gasteiger partial charge in [-0.2, -0.15) is 0 Å². The summed E-state index contributed by atoms with van der Waals surface area (Å²) in [7, 11) is 0. The summed E-state index contributed by atoms with van der Waals surface area (Å²) in [4.78, 5) is 14.6. The largest absolute Gasteiger partial charge is 0.469 e. The van der Waals surface area contributed by atoms with E-state index < -0.39 is 5.60 Å². The summed E-state index contributed by atoms with van der Waals surface area (Å²) in [5.74, 6) is 0.966. The molecule has 0 saturated carbocycles. The molecule has 25 heavy (non-hydrogen) atoms. The van der Waals surface area contributed by atoms with E-state index >= 15 is 0 Å². The first-order valence-electron chi connectivity index (χ1n) is 8.80. The summed E-state index contributed by atoms with van der Waals surface area (Å²) in [6.07, 6.45) is 4.51. The van der Waals surface area contributed by atoms with Crippen molar-refractivity contribution in [1.29, 1.82) is 0 Å². The average molecular weight is 342 g/mol. The van der Waals surface area contributed by atoms with Crippen molar-refractivity contribution in [1.82, 2.24) is 10.2 Å². The minimum Gasteiger partial charge on any atom is -0.469 e. The van der Waals surface area contributed by atoms with Gasteiger partial charge < -0.3 is 19.7 Å². The van der Waals surface area contributed by atoms with Crippen LogP contribution in [0.25, 0.3) is 0 Å². The number of rotatable bonds is 5. The van der Waals surface area contributed by atoms with Crippen LogP contribution in [0.5, 0.6) is 0 Å². The lowest BCUT2D eigenvalue weighted by atomic mass is 9.93. The van der Waals surface area contributed by atoms with Crippen LogP contribution in [0.1, 0.15) is 49.6 Å². The van der Waals surface area contributed by atoms with Crippen LogP contribution in [0, 0.1) is 0 Å². The quantitative estimate of drug-likeness (QED) is 0.872. The van der Waals surface area contributed by atoms with E-state index in [0.29, 0.717) is 6.54 Å². The van der Waals surface area contributed by atoms with Crippen molar-refractivity contribution < 1.29 is 14.3 Å². The molecule has 134 valence electrons. The van der Waals surface area contributed by atoms with Gasteiger partial charge in [0, 0.05) is 18.5 Å². The number of aliphatic hydroxyl groups is 1. The van der Waals surface area contributed by atoms with Gasteiger partial charge in [-0.1, -0.05) is 30.3 Å². The molecule has 1 aliphatic rings. The van der Waals surface area contributed by atoms with Crippen LogP contribution in [-0.4, -0.2) is 28.2 Å². The minimum atomic E-state index is -0.959. The highest BCUT2D eigenvalue weighted by molar-refractivity contribution is 5.75. The van der Waals surface area contributed by atoms with Gasteiger partial charge in [0.05, 0.1) is 24.5 Å². The molecule has 2 N–H and O–H groups in total. The van der Waals surface area contributed by atoms with E-state index in [4.69, 9.17) is 4.42 Å². The van der Waals surface area contributed by atoms with Gasteiger partial charge in [0.15, 0.2) is 0 Å². The van der Waals surface area contributed by atoms with E-state index in [0.717, 1.165) is 36.1 Å². The Balaban J connectivity index is 1.73. The molecule has 1 aromatic heterocycles. The van der Waals surface area contributed by atoms with Crippen molar-refractivity contribution in [3.63, 3.8) is 0 Å². The van der Waals surface area contributed by atoms with Crippen LogP contribution < -0.4 is 5.32 Å². The number of urea groups is 1. The molecule has 0 bridgehead atoms. The Bertz CT molecular complexity index is 703. The molecular formula is C20H26N2O3. The van der Waals surface area contributed by atoms with E-state index in [2.05, 4.69) is 5.32 Å². The van der Waals surface area contributed by atoms with E-state index in [9.17, 15) is 9.90 Å². The number of carbonyl (C=O) groups excluding carboxylic acids is 1. The SMILES string of the molecule is CC(C)(O)CN(Cc1ccccc1)C(=O)NC1CCCc2occc21. The summed E-state index contributed by atoms with van der Waals surface area (Å²) in [5.41, 5.74) is 1.15. The maximum absolute atomic E-state index is 12.9. The molecule has 5 nitrogen and oxygen atoms in total. The molecule has 3 rings (SSSR count). The Morgan fingerprint density at radius 1 is 1.32 bits per heavy atom. The number of hydrogen-bond acceptors (Lipinski definition) is 3. The van der Waals surface area contributed by atoms with Crippen LogP contribution in [0.4, 0.5) is 4.79 Å². The van der Waals surface area contributed by atoms with Gasteiger partial charge in [-0.05, 0) is 38.3 Å². The van der Waals surface area contributed by atoms with E-state index in [1.165, 1.54) is 0 Å². The maximum atomic E-state index is 12.9. The highest BCUT2D eigenvalue weighted by atomic mass is 16.3. The van der Waals surface area contributed by atoms with Crippen LogP contribution >= 0.6 is 0 Å². The number of benzene rings is 1. The molecule has 0 saturated heterocycles. The number of aryl methyl sites for hydroxylation is 1. The predicted molar refractivity (Wildman–Crippen MR) is 96.1 cm³/mol. The summed E-state index contributed by atoms with van der Waals surface area (Å²) in [5, 5.41) is 13.3. The molecule has 1 aromatic carbocycles. The van der Waals surface area contributed by atoms with E-state index in [1.54, 1.807) is 25.0 Å². The van der Waals surface area contributed by atoms with Gasteiger partial charge in [-0.3, -0.25) is 0 Å². The topological polar surface area (TPSA) is 65.7 Å². The Morgan fingerprint density at radius 2 is 2.08 bits per heavy atom. The Kier molecular flexibility index (Phi) is 5.13. The van der Waals surface area contributed by atoms with Crippen molar-refractivity contribution in [2.24, 2.45) is 0 Å². The number of fused-ring (bicyclic) bond motifs is 1. The summed E-state index contributed by atoms with van der Waals surface area (Å²) >= 11 is 0. The number of hydrogen-bond donors (Lipinski definition) is 2. The summed E-state index contributed by atoms with van der Waals surface area (Å²) < 4.78 is 5.50. The molecular weight excluding hydrogens is 316 g/mol. The van der Waals surface area contributed by atoms with Crippen LogP contribution in [0.15, 0.2) is 47.1 Å². The van der Waals surface area contributed by atoms with E-state index in [-0.39, 0.29) is 18.6 Å². The fourth-order valence-electron chi connectivity index (χ4n) is 3.35. The second kappa shape index (κ2) is 7.31. The molecule has 2 aromatic rings. The highest BCUT2D eigenvalue weighted by Crippen LogP contribution is 2.30. The molecule has 5 heteroatoms. The normalized spacial score (nSPS) is 17.0. The second-order valence-electron chi connectivity index (χ2n) is 7.35. The Hall–Kier alpha value is -2.27. The zero-order valence-electron chi connectivity index (χ0n) is 14.9. The summed E-state index contributed by atoms with van der Waals surface area (Å²) in [6, 6.07) is 11.6. The Labute approximate surface area is 148 Å². The summed E-state index contributed by atoms with van der Waals surface area (Å²) in [6.45, 7) is 4.15. The zero-order valence-corrected chi connectivity index (χ0v) is 14.9. The first-order valence-corrected chi connectivity index (χ1v) is 8.80. The molecule has 0 aliphatic heterocycles. The van der Waals surface area contributed by atoms with Gasteiger partial charge in [-0.15, -0.1) is 0 Å². The van der Waals surface area contributed by atoms with Crippen molar-refractivity contribution in [2.45, 2.75) is 51.3 Å². The Morgan fingerprint density at radius 3 is 2.80 bits per heavy atom. The molecule has 1 heterocycles. The van der Waals surface area contributed by atoms with E-state index in [1.807, 2.05) is 36.4 Å². The fraction of sp³-hybridized carbons (Fsp3) is 0.450. The maximum Gasteiger partial charge on any atom is 0.318 e. The molecule has 0 spiro atoms. The van der Waals surface area contributed by atoms with Crippen LogP contribution in [0.3, 0.4) is 0 Å². The molecule has 0 fully saturated rings. The number of nitrogens with one attached hydrogen (secondary N) is 1. The highest BCUT2D eigenvalue weighted by Gasteiger charge is 2.28. The van der Waals surface area contributed by atoms with Gasteiger partial charge in [0.25, 0.3) is 0 Å². The molecule has 1 atom stereocenters. The first kappa shape index (κ1) is 17.5. The second-order valence-corrected chi connectivity index (χ2v) is 7.35. The van der Waals surface area contributed by atoms with Crippen molar-refractivity contribution in [2.75, 3.05) is 6.54 Å². The van der Waals surface area contributed by atoms with Crippen LogP contribution in [-0.2, 0) is 13.0 Å². The number of furan rings is 1. The van der Waals surface area contributed by atoms with Gasteiger partial charge in [0.2, 0.25) is 0 Å². The zero-order chi connectivity index (χ0) is 17.9. The van der Waals surface area contributed by atoms with Crippen LogP contribution in [0.2, 0.25) is 0 Å².